The third-order valence-corrected chi connectivity index (χ3v) is 11.6. The fraction of sp³-hybridized carbons (Fsp3) is 0.865. The zero-order valence-electron chi connectivity index (χ0n) is 37.9. The second-order valence-corrected chi connectivity index (χ2v) is 17.2. The molecule has 1 amide bonds. The molecule has 4 nitrogen and oxygen atoms in total. The molecule has 0 aromatic carbocycles. The summed E-state index contributed by atoms with van der Waals surface area (Å²) in [6.45, 7) is 4.32. The Labute approximate surface area is 351 Å². The molecule has 0 radical (unpaired) electrons. The molecule has 0 fully saturated rings. The standard InChI is InChI=1S/C52H99NO3/c1-3-5-7-9-11-13-15-17-19-21-23-24-25-26-27-28-30-32-34-36-38-40-42-44-46-48-52(56)53-50(49-54)51(55)47-45-43-41-39-37-35-33-31-29-22-20-18-16-14-12-10-8-6-4-2/h26-27,37,39,45,47,50-51,54-55H,3-25,28-36,38,40-44,46,48-49H2,1-2H3,(H,53,56)/b27-26-,39-37+,47-45+. The van der Waals surface area contributed by atoms with Gasteiger partial charge in [-0.25, -0.2) is 0 Å². The van der Waals surface area contributed by atoms with E-state index in [0.29, 0.717) is 6.42 Å². The molecule has 0 aliphatic rings. The average molecular weight is 786 g/mol. The van der Waals surface area contributed by atoms with Gasteiger partial charge in [-0.2, -0.15) is 0 Å². The maximum Gasteiger partial charge on any atom is 0.220 e. The monoisotopic (exact) mass is 786 g/mol. The summed E-state index contributed by atoms with van der Waals surface area (Å²) in [6, 6.07) is -0.639. The highest BCUT2D eigenvalue weighted by Crippen LogP contribution is 2.16. The van der Waals surface area contributed by atoms with E-state index < -0.39 is 12.1 Å². The van der Waals surface area contributed by atoms with E-state index in [1.165, 1.54) is 218 Å². The highest BCUT2D eigenvalue weighted by Gasteiger charge is 2.17. The minimum atomic E-state index is -0.862. The summed E-state index contributed by atoms with van der Waals surface area (Å²) in [5.74, 6) is -0.0734. The van der Waals surface area contributed by atoms with Gasteiger partial charge in [-0.15, -0.1) is 0 Å². The highest BCUT2D eigenvalue weighted by atomic mass is 16.3. The van der Waals surface area contributed by atoms with Crippen LogP contribution in [0.3, 0.4) is 0 Å². The summed E-state index contributed by atoms with van der Waals surface area (Å²) in [5.41, 5.74) is 0. The van der Waals surface area contributed by atoms with Gasteiger partial charge in [0.15, 0.2) is 0 Å². The highest BCUT2D eigenvalue weighted by molar-refractivity contribution is 5.76. The number of hydrogen-bond acceptors (Lipinski definition) is 3. The summed E-state index contributed by atoms with van der Waals surface area (Å²) in [5, 5.41) is 23.1. The number of carbonyl (C=O) groups excluding carboxylic acids is 1. The van der Waals surface area contributed by atoms with E-state index in [4.69, 9.17) is 0 Å². The van der Waals surface area contributed by atoms with Crippen molar-refractivity contribution in [2.75, 3.05) is 6.61 Å². The van der Waals surface area contributed by atoms with Gasteiger partial charge in [0.2, 0.25) is 5.91 Å². The SMILES string of the molecule is CCCCCCCCCCCCCC/C=C\CCCCCCCCCCCC(=O)NC(CO)C(O)/C=C/CC/C=C/CCCCCCCCCCCCCCC. The fourth-order valence-electron chi connectivity index (χ4n) is 7.72. The normalized spacial score (nSPS) is 13.1. The van der Waals surface area contributed by atoms with Crippen LogP contribution in [0.2, 0.25) is 0 Å². The Hall–Kier alpha value is -1.39. The first-order valence-electron chi connectivity index (χ1n) is 25.2. The van der Waals surface area contributed by atoms with Crippen molar-refractivity contribution in [2.24, 2.45) is 0 Å². The molecular formula is C52H99NO3. The second kappa shape index (κ2) is 48.0. The van der Waals surface area contributed by atoms with Crippen molar-refractivity contribution in [1.82, 2.24) is 5.32 Å². The van der Waals surface area contributed by atoms with Gasteiger partial charge in [0.25, 0.3) is 0 Å². The number of carbonyl (C=O) groups is 1. The molecule has 0 heterocycles. The molecule has 0 bridgehead atoms. The number of aliphatic hydroxyl groups is 2. The van der Waals surface area contributed by atoms with E-state index in [9.17, 15) is 15.0 Å². The summed E-state index contributed by atoms with van der Waals surface area (Å²) >= 11 is 0. The maximum absolute atomic E-state index is 12.4. The van der Waals surface area contributed by atoms with Crippen LogP contribution in [0.1, 0.15) is 271 Å². The minimum Gasteiger partial charge on any atom is -0.394 e. The van der Waals surface area contributed by atoms with Gasteiger partial charge in [0.05, 0.1) is 18.8 Å². The van der Waals surface area contributed by atoms with Crippen molar-refractivity contribution in [2.45, 2.75) is 283 Å². The number of hydrogen-bond donors (Lipinski definition) is 3. The zero-order valence-corrected chi connectivity index (χ0v) is 37.9. The lowest BCUT2D eigenvalue weighted by molar-refractivity contribution is -0.123. The third-order valence-electron chi connectivity index (χ3n) is 11.6. The Kier molecular flexibility index (Phi) is 46.8. The van der Waals surface area contributed by atoms with Gasteiger partial charge < -0.3 is 15.5 Å². The van der Waals surface area contributed by atoms with Crippen molar-refractivity contribution in [3.05, 3.63) is 36.5 Å². The Morgan fingerprint density at radius 1 is 0.411 bits per heavy atom. The lowest BCUT2D eigenvalue weighted by Gasteiger charge is -2.19. The number of unbranched alkanes of at least 4 members (excludes halogenated alkanes) is 35. The van der Waals surface area contributed by atoms with Crippen molar-refractivity contribution in [3.63, 3.8) is 0 Å². The van der Waals surface area contributed by atoms with Crippen molar-refractivity contribution >= 4 is 5.91 Å². The summed E-state index contributed by atoms with van der Waals surface area (Å²) in [6.07, 6.45) is 64.2. The smallest absolute Gasteiger partial charge is 0.220 e. The molecule has 3 N–H and O–H groups in total. The molecule has 0 saturated heterocycles. The molecular weight excluding hydrogens is 687 g/mol. The Morgan fingerprint density at radius 2 is 0.696 bits per heavy atom. The summed E-state index contributed by atoms with van der Waals surface area (Å²) in [4.78, 5) is 12.4. The number of amides is 1. The lowest BCUT2D eigenvalue weighted by Crippen LogP contribution is -2.45. The lowest BCUT2D eigenvalue weighted by atomic mass is 10.0. The van der Waals surface area contributed by atoms with Crippen LogP contribution >= 0.6 is 0 Å². The van der Waals surface area contributed by atoms with E-state index in [2.05, 4.69) is 43.5 Å². The fourth-order valence-corrected chi connectivity index (χ4v) is 7.72. The van der Waals surface area contributed by atoms with Crippen molar-refractivity contribution in [3.8, 4) is 0 Å². The van der Waals surface area contributed by atoms with Crippen molar-refractivity contribution < 1.29 is 15.0 Å². The van der Waals surface area contributed by atoms with Gasteiger partial charge >= 0.3 is 0 Å². The molecule has 0 aromatic heterocycles. The van der Waals surface area contributed by atoms with E-state index in [1.807, 2.05) is 6.08 Å². The Balaban J connectivity index is 3.55. The van der Waals surface area contributed by atoms with Crippen LogP contribution in [-0.2, 0) is 4.79 Å². The Morgan fingerprint density at radius 3 is 1.04 bits per heavy atom. The van der Waals surface area contributed by atoms with E-state index in [0.717, 1.165) is 32.1 Å². The van der Waals surface area contributed by atoms with Crippen LogP contribution in [-0.4, -0.2) is 34.9 Å². The molecule has 0 aliphatic carbocycles. The summed E-state index contributed by atoms with van der Waals surface area (Å²) < 4.78 is 0. The topological polar surface area (TPSA) is 69.6 Å². The van der Waals surface area contributed by atoms with Crippen LogP contribution in [0.25, 0.3) is 0 Å². The average Bonchev–Trinajstić information content (AvgIpc) is 3.20. The van der Waals surface area contributed by atoms with Crippen LogP contribution in [0, 0.1) is 0 Å². The van der Waals surface area contributed by atoms with Gasteiger partial charge in [0, 0.05) is 6.42 Å². The van der Waals surface area contributed by atoms with Crippen LogP contribution < -0.4 is 5.32 Å². The van der Waals surface area contributed by atoms with E-state index in [-0.39, 0.29) is 12.5 Å². The third kappa shape index (κ3) is 43.7. The second-order valence-electron chi connectivity index (χ2n) is 17.2. The molecule has 2 unspecified atom stereocenters. The van der Waals surface area contributed by atoms with Gasteiger partial charge in [-0.3, -0.25) is 4.79 Å². The number of allylic oxidation sites excluding steroid dienone is 5. The van der Waals surface area contributed by atoms with Crippen LogP contribution in [0.5, 0.6) is 0 Å². The molecule has 0 spiro atoms. The maximum atomic E-state index is 12.4. The van der Waals surface area contributed by atoms with Gasteiger partial charge in [-0.1, -0.05) is 243 Å². The predicted octanol–water partition coefficient (Wildman–Crippen LogP) is 16.1. The summed E-state index contributed by atoms with van der Waals surface area (Å²) in [7, 11) is 0. The van der Waals surface area contributed by atoms with Gasteiger partial charge in [-0.05, 0) is 57.8 Å². The molecule has 4 heteroatoms. The van der Waals surface area contributed by atoms with Crippen molar-refractivity contribution in [1.29, 1.82) is 0 Å². The molecule has 56 heavy (non-hydrogen) atoms. The van der Waals surface area contributed by atoms with Crippen LogP contribution in [0.15, 0.2) is 36.5 Å². The molecule has 0 rings (SSSR count). The molecule has 330 valence electrons. The first kappa shape index (κ1) is 54.6. The Bertz CT molecular complexity index is 851. The molecule has 0 aliphatic heterocycles. The molecule has 0 saturated carbocycles. The van der Waals surface area contributed by atoms with Crippen LogP contribution in [0.4, 0.5) is 0 Å². The zero-order chi connectivity index (χ0) is 40.7. The van der Waals surface area contributed by atoms with E-state index >= 15 is 0 Å². The number of aliphatic hydroxyl groups excluding tert-OH is 2. The first-order valence-corrected chi connectivity index (χ1v) is 25.2. The number of rotatable bonds is 46. The predicted molar refractivity (Wildman–Crippen MR) is 248 cm³/mol. The first-order chi connectivity index (χ1) is 27.7. The molecule has 0 aromatic rings. The van der Waals surface area contributed by atoms with E-state index in [1.54, 1.807) is 6.08 Å². The largest absolute Gasteiger partial charge is 0.394 e. The molecule has 2 atom stereocenters. The minimum absolute atomic E-state index is 0.0734. The number of nitrogens with one attached hydrogen (secondary N) is 1. The van der Waals surface area contributed by atoms with Gasteiger partial charge in [0.1, 0.15) is 0 Å². The quantitative estimate of drug-likeness (QED) is 0.0425.